The number of benzene rings is 3. The Morgan fingerprint density at radius 1 is 0.750 bits per heavy atom. The molecule has 0 aromatic heterocycles. The summed E-state index contributed by atoms with van der Waals surface area (Å²) < 4.78 is 0. The summed E-state index contributed by atoms with van der Waals surface area (Å²) in [7, 11) is 0. The van der Waals surface area contributed by atoms with Crippen LogP contribution >= 0.6 is 0 Å². The molecule has 28 heavy (non-hydrogen) atoms. The van der Waals surface area contributed by atoms with Crippen LogP contribution in [0.2, 0.25) is 0 Å². The summed E-state index contributed by atoms with van der Waals surface area (Å²) in [6.45, 7) is 2.33. The minimum absolute atomic E-state index is 0.105. The molecule has 2 amide bonds. The summed E-state index contributed by atoms with van der Waals surface area (Å²) >= 11 is 0. The Morgan fingerprint density at radius 3 is 1.86 bits per heavy atom. The van der Waals surface area contributed by atoms with Gasteiger partial charge in [-0.1, -0.05) is 48.5 Å². The third kappa shape index (κ3) is 5.71. The van der Waals surface area contributed by atoms with Crippen LogP contribution in [0.15, 0.2) is 84.9 Å². The van der Waals surface area contributed by atoms with Gasteiger partial charge in [0.15, 0.2) is 0 Å². The molecule has 0 radical (unpaired) electrons. The van der Waals surface area contributed by atoms with Crippen LogP contribution in [-0.4, -0.2) is 18.4 Å². The number of hydrogen-bond donors (Lipinski definition) is 2. The molecule has 0 atom stereocenters. The van der Waals surface area contributed by atoms with Crippen LogP contribution in [0.1, 0.15) is 12.5 Å². The fourth-order valence-electron chi connectivity index (χ4n) is 2.90. The Balaban J connectivity index is 1.68. The van der Waals surface area contributed by atoms with Crippen LogP contribution in [0.3, 0.4) is 0 Å². The second-order valence-electron chi connectivity index (χ2n) is 6.48. The van der Waals surface area contributed by atoms with Crippen LogP contribution < -0.4 is 15.5 Å². The van der Waals surface area contributed by atoms with E-state index in [9.17, 15) is 9.59 Å². The Bertz CT molecular complexity index is 910. The Morgan fingerprint density at radius 2 is 1.29 bits per heavy atom. The topological polar surface area (TPSA) is 61.4 Å². The molecule has 0 saturated carbocycles. The fraction of sp³-hybridized carbons (Fsp3) is 0.130. The van der Waals surface area contributed by atoms with Crippen molar-refractivity contribution in [1.82, 2.24) is 0 Å². The lowest BCUT2D eigenvalue weighted by Crippen LogP contribution is -2.32. The van der Waals surface area contributed by atoms with E-state index in [-0.39, 0.29) is 18.4 Å². The Labute approximate surface area is 165 Å². The van der Waals surface area contributed by atoms with E-state index >= 15 is 0 Å². The molecule has 3 aromatic carbocycles. The minimum Gasteiger partial charge on any atom is -0.358 e. The zero-order valence-corrected chi connectivity index (χ0v) is 15.8. The number of para-hydroxylation sites is 1. The van der Waals surface area contributed by atoms with Crippen LogP contribution in [0.4, 0.5) is 17.1 Å². The van der Waals surface area contributed by atoms with Crippen molar-refractivity contribution < 1.29 is 9.59 Å². The van der Waals surface area contributed by atoms with E-state index in [0.717, 1.165) is 11.3 Å². The molecule has 5 heteroatoms. The number of nitrogens with one attached hydrogen (secondary N) is 2. The SMILES string of the molecule is CC(=O)Nc1ccc(NC(=O)CN(Cc2ccccc2)c2ccccc2)cc1. The molecule has 0 spiro atoms. The largest absolute Gasteiger partial charge is 0.358 e. The van der Waals surface area contributed by atoms with Gasteiger partial charge in [-0.15, -0.1) is 0 Å². The molecule has 0 heterocycles. The van der Waals surface area contributed by atoms with Gasteiger partial charge in [0.2, 0.25) is 11.8 Å². The highest BCUT2D eigenvalue weighted by molar-refractivity contribution is 5.94. The monoisotopic (exact) mass is 373 g/mol. The molecule has 5 nitrogen and oxygen atoms in total. The number of amides is 2. The van der Waals surface area contributed by atoms with Crippen molar-refractivity contribution in [3.63, 3.8) is 0 Å². The molecule has 3 aromatic rings. The first kappa shape index (κ1) is 19.2. The number of carbonyl (C=O) groups excluding carboxylic acids is 2. The van der Waals surface area contributed by atoms with Crippen molar-refractivity contribution in [2.75, 3.05) is 22.1 Å². The van der Waals surface area contributed by atoms with Gasteiger partial charge < -0.3 is 15.5 Å². The summed E-state index contributed by atoms with van der Waals surface area (Å²) in [5.41, 5.74) is 3.51. The molecule has 2 N–H and O–H groups in total. The average molecular weight is 373 g/mol. The van der Waals surface area contributed by atoms with Crippen molar-refractivity contribution in [3.8, 4) is 0 Å². The van der Waals surface area contributed by atoms with Crippen LogP contribution in [0.5, 0.6) is 0 Å². The zero-order valence-electron chi connectivity index (χ0n) is 15.8. The van der Waals surface area contributed by atoms with E-state index in [2.05, 4.69) is 22.8 Å². The molecule has 0 aliphatic carbocycles. The van der Waals surface area contributed by atoms with Crippen molar-refractivity contribution in [2.45, 2.75) is 13.5 Å². The molecular weight excluding hydrogens is 350 g/mol. The molecule has 0 fully saturated rings. The highest BCUT2D eigenvalue weighted by Gasteiger charge is 2.12. The second-order valence-corrected chi connectivity index (χ2v) is 6.48. The second kappa shape index (κ2) is 9.37. The normalized spacial score (nSPS) is 10.2. The van der Waals surface area contributed by atoms with Gasteiger partial charge in [-0.2, -0.15) is 0 Å². The smallest absolute Gasteiger partial charge is 0.243 e. The van der Waals surface area contributed by atoms with E-state index in [4.69, 9.17) is 0 Å². The summed E-state index contributed by atoms with van der Waals surface area (Å²) in [5.74, 6) is -0.233. The highest BCUT2D eigenvalue weighted by Crippen LogP contribution is 2.18. The summed E-state index contributed by atoms with van der Waals surface area (Å²) in [6, 6.07) is 27.0. The predicted octanol–water partition coefficient (Wildman–Crippen LogP) is 4.29. The first-order valence-corrected chi connectivity index (χ1v) is 9.11. The minimum atomic E-state index is -0.129. The van der Waals surface area contributed by atoms with E-state index in [1.807, 2.05) is 53.4 Å². The number of hydrogen-bond acceptors (Lipinski definition) is 3. The van der Waals surface area contributed by atoms with Crippen molar-refractivity contribution in [2.24, 2.45) is 0 Å². The quantitative estimate of drug-likeness (QED) is 0.649. The fourth-order valence-corrected chi connectivity index (χ4v) is 2.90. The van der Waals surface area contributed by atoms with Crippen LogP contribution in [0.25, 0.3) is 0 Å². The molecular formula is C23H23N3O2. The molecule has 0 unspecified atom stereocenters. The van der Waals surface area contributed by atoms with Crippen molar-refractivity contribution >= 4 is 28.9 Å². The lowest BCUT2D eigenvalue weighted by molar-refractivity contribution is -0.115. The van der Waals surface area contributed by atoms with E-state index in [1.54, 1.807) is 24.3 Å². The zero-order chi connectivity index (χ0) is 19.8. The molecule has 0 saturated heterocycles. The Kier molecular flexibility index (Phi) is 6.41. The number of carbonyl (C=O) groups is 2. The van der Waals surface area contributed by atoms with Gasteiger partial charge in [0.05, 0.1) is 6.54 Å². The van der Waals surface area contributed by atoms with E-state index in [1.165, 1.54) is 6.92 Å². The Hall–Kier alpha value is -3.60. The van der Waals surface area contributed by atoms with Crippen molar-refractivity contribution in [1.29, 1.82) is 0 Å². The molecule has 0 aliphatic rings. The van der Waals surface area contributed by atoms with Gasteiger partial charge >= 0.3 is 0 Å². The maximum atomic E-state index is 12.6. The third-order valence-electron chi connectivity index (χ3n) is 4.16. The lowest BCUT2D eigenvalue weighted by Gasteiger charge is -2.24. The number of nitrogens with zero attached hydrogens (tertiary/aromatic N) is 1. The van der Waals surface area contributed by atoms with Crippen molar-refractivity contribution in [3.05, 3.63) is 90.5 Å². The highest BCUT2D eigenvalue weighted by atomic mass is 16.2. The number of rotatable bonds is 7. The maximum Gasteiger partial charge on any atom is 0.243 e. The molecule has 142 valence electrons. The van der Waals surface area contributed by atoms with Gasteiger partial charge in [0.25, 0.3) is 0 Å². The average Bonchev–Trinajstić information content (AvgIpc) is 2.70. The summed E-state index contributed by atoms with van der Waals surface area (Å²) in [6.07, 6.45) is 0. The van der Waals surface area contributed by atoms with Gasteiger partial charge in [-0.3, -0.25) is 9.59 Å². The molecule has 0 aliphatic heterocycles. The van der Waals surface area contributed by atoms with E-state index in [0.29, 0.717) is 17.9 Å². The maximum absolute atomic E-state index is 12.6. The first-order chi connectivity index (χ1) is 13.6. The lowest BCUT2D eigenvalue weighted by atomic mass is 10.2. The van der Waals surface area contributed by atoms with Crippen LogP contribution in [0, 0.1) is 0 Å². The standard InChI is InChI=1S/C23H23N3O2/c1-18(27)24-20-12-14-21(15-13-20)25-23(28)17-26(22-10-6-3-7-11-22)16-19-8-4-2-5-9-19/h2-15H,16-17H2,1H3,(H,24,27)(H,25,28). The van der Waals surface area contributed by atoms with Crippen LogP contribution in [-0.2, 0) is 16.1 Å². The van der Waals surface area contributed by atoms with E-state index < -0.39 is 0 Å². The van der Waals surface area contributed by atoms with Gasteiger partial charge in [0.1, 0.15) is 0 Å². The molecule has 3 rings (SSSR count). The van der Waals surface area contributed by atoms with Gasteiger partial charge in [-0.05, 0) is 42.0 Å². The predicted molar refractivity (Wildman–Crippen MR) is 113 cm³/mol. The summed E-state index contributed by atoms with van der Waals surface area (Å²) in [5, 5.41) is 5.62. The first-order valence-electron chi connectivity index (χ1n) is 9.11. The van der Waals surface area contributed by atoms with Gasteiger partial charge in [-0.25, -0.2) is 0 Å². The molecule has 0 bridgehead atoms. The van der Waals surface area contributed by atoms with Gasteiger partial charge in [0, 0.05) is 30.5 Å². The third-order valence-corrected chi connectivity index (χ3v) is 4.16. The number of anilines is 3. The summed E-state index contributed by atoms with van der Waals surface area (Å²) in [4.78, 5) is 25.8.